The highest BCUT2D eigenvalue weighted by molar-refractivity contribution is 7.87. The standard InChI is InChI=1S/C63H99N3O40S9/c1-2-16-57(68)66-63(18-4-3-17-50(67)47-41-51(98-23-7-32-107(71,72)73)58(104-29-13-38-113(89,90)91)52(42-47)99-24-8-33-108(74,75)76,19-5-21-64-61(69)48-43-53(100-25-9-34-109(77,78)79)59(105-30-14-39-114(92,93)94)54(44-48)101-26-10-35-110(80,81)82)20-6-22-65-62(70)49-45-55(102-27-11-36-111(83,84)85)60(106-31-15-40-115(95,96)97)56(46-49)103-28-12-37-112(86,87)88/h41-46H,2-40H2,1H3,(H,64,69)(H,65,70)(H,66,68)(H,71,72,73)(H,74,75,76)(H,77,78,79)(H,80,81,82)(H,83,84,85)(H,86,87,88)(H,89,90,91)(H,92,93,94)(H,95,96,97). The van der Waals surface area contributed by atoms with Gasteiger partial charge >= 0.3 is 0 Å². The molecule has 0 aliphatic heterocycles. The van der Waals surface area contributed by atoms with Crippen molar-refractivity contribution in [2.24, 2.45) is 0 Å². The van der Waals surface area contributed by atoms with Crippen LogP contribution in [0.2, 0.25) is 0 Å². The fourth-order valence-corrected chi connectivity index (χ4v) is 14.9. The number of carbonyl (C=O) groups excluding carboxylic acids is 4. The van der Waals surface area contributed by atoms with Gasteiger partial charge in [-0.25, -0.2) is 0 Å². The zero-order valence-corrected chi connectivity index (χ0v) is 69.7. The molecule has 3 aromatic carbocycles. The van der Waals surface area contributed by atoms with E-state index in [9.17, 15) is 136 Å². The molecule has 3 rings (SSSR count). The molecule has 12 N–H and O–H groups in total. The van der Waals surface area contributed by atoms with E-state index in [2.05, 4.69) is 16.0 Å². The first-order valence-corrected chi connectivity index (χ1v) is 49.9. The second-order valence-corrected chi connectivity index (χ2v) is 39.9. The van der Waals surface area contributed by atoms with Gasteiger partial charge in [0.1, 0.15) is 0 Å². The number of ketones is 1. The Balaban J connectivity index is 2.21. The number of nitrogens with one attached hydrogen (secondary N) is 3. The van der Waals surface area contributed by atoms with E-state index >= 15 is 0 Å². The molecule has 0 atom stereocenters. The summed E-state index contributed by atoms with van der Waals surface area (Å²) in [6.45, 7) is -2.91. The maximum absolute atomic E-state index is 14.4. The average molecular weight is 1830 g/mol. The normalized spacial score (nSPS) is 12.6. The van der Waals surface area contributed by atoms with Crippen molar-refractivity contribution >= 4 is 115 Å². The Morgan fingerprint density at radius 3 is 0.739 bits per heavy atom. The van der Waals surface area contributed by atoms with Gasteiger partial charge in [0.15, 0.2) is 40.3 Å². The van der Waals surface area contributed by atoms with Crippen LogP contribution in [0.25, 0.3) is 0 Å². The SMILES string of the molecule is CCCC(=O)NC(CCCCC(=O)c1cc(OCCCS(=O)(=O)O)c(OCCCS(=O)(=O)O)c(OCCCS(=O)(=O)O)c1)(CCCNC(=O)c1cc(OCCCS(=O)(=O)O)c(OCCCS(=O)(=O)O)c(OCCCS(=O)(=O)O)c1)CCCNC(=O)c1cc(OCCCS(=O)(=O)O)c(OCCCS(=O)(=O)O)c(OCCCS(=O)(=O)O)c1. The lowest BCUT2D eigenvalue weighted by atomic mass is 9.82. The first kappa shape index (κ1) is 102. The summed E-state index contributed by atoms with van der Waals surface area (Å²) in [4.78, 5) is 56.9. The van der Waals surface area contributed by atoms with Gasteiger partial charge in [-0.1, -0.05) is 13.3 Å². The number of ether oxygens (including phenoxy) is 9. The first-order chi connectivity index (χ1) is 53.2. The highest BCUT2D eigenvalue weighted by Gasteiger charge is 2.32. The Hall–Kier alpha value is -6.87. The van der Waals surface area contributed by atoms with Gasteiger partial charge in [0.2, 0.25) is 23.2 Å². The molecule has 0 radical (unpaired) electrons. The molecule has 660 valence electrons. The molecule has 0 unspecified atom stereocenters. The van der Waals surface area contributed by atoms with Gasteiger partial charge in [-0.2, -0.15) is 75.8 Å². The van der Waals surface area contributed by atoms with Crippen molar-refractivity contribution in [3.8, 4) is 51.7 Å². The quantitative estimate of drug-likeness (QED) is 0.0219. The number of unbranched alkanes of at least 4 members (excludes halogenated alkanes) is 1. The van der Waals surface area contributed by atoms with Crippen molar-refractivity contribution < 1.29 is 179 Å². The minimum Gasteiger partial charge on any atom is -0.489 e. The number of Topliss-reactive ketones (excluding diaryl/α,β-unsaturated/α-hetero) is 1. The first-order valence-electron chi connectivity index (χ1n) is 35.4. The molecule has 0 spiro atoms. The van der Waals surface area contributed by atoms with E-state index in [1.165, 1.54) is 12.1 Å². The fourth-order valence-electron chi connectivity index (χ4n) is 10.5. The Morgan fingerprint density at radius 1 is 0.296 bits per heavy atom. The molecule has 3 aromatic rings. The van der Waals surface area contributed by atoms with Crippen molar-refractivity contribution in [2.75, 3.05) is 124 Å². The summed E-state index contributed by atoms with van der Waals surface area (Å²) < 4.78 is 345. The molecule has 0 aromatic heterocycles. The van der Waals surface area contributed by atoms with Crippen LogP contribution in [0.4, 0.5) is 0 Å². The summed E-state index contributed by atoms with van der Waals surface area (Å²) in [6, 6.07) is 6.79. The Morgan fingerprint density at radius 2 is 0.513 bits per heavy atom. The van der Waals surface area contributed by atoms with Crippen molar-refractivity contribution in [3.05, 3.63) is 53.1 Å². The molecule has 0 aliphatic rings. The molecule has 115 heavy (non-hydrogen) atoms. The summed E-state index contributed by atoms with van der Waals surface area (Å²) >= 11 is 0. The number of carbonyl (C=O) groups is 4. The third-order valence-corrected chi connectivity index (χ3v) is 22.8. The van der Waals surface area contributed by atoms with Gasteiger partial charge in [0.05, 0.1) is 111 Å². The minimum absolute atomic E-state index is 0.00423. The van der Waals surface area contributed by atoms with Crippen molar-refractivity contribution in [1.29, 1.82) is 0 Å². The van der Waals surface area contributed by atoms with Crippen LogP contribution in [0.5, 0.6) is 51.7 Å². The number of amides is 3. The van der Waals surface area contributed by atoms with Crippen LogP contribution in [-0.2, 0) is 95.9 Å². The van der Waals surface area contributed by atoms with Crippen LogP contribution in [-0.4, -0.2) is 270 Å². The summed E-state index contributed by atoms with van der Waals surface area (Å²) in [7, 11) is -40.7. The van der Waals surface area contributed by atoms with Crippen LogP contribution in [0.15, 0.2) is 36.4 Å². The van der Waals surface area contributed by atoms with Crippen LogP contribution in [0.3, 0.4) is 0 Å². The predicted molar refractivity (Wildman–Crippen MR) is 410 cm³/mol. The van der Waals surface area contributed by atoms with E-state index in [0.29, 0.717) is 6.42 Å². The second-order valence-electron chi connectivity index (χ2n) is 25.7. The van der Waals surface area contributed by atoms with Gasteiger partial charge in [-0.15, -0.1) is 0 Å². The molecular formula is C63H99N3O40S9. The number of rotatable bonds is 64. The average Bonchev–Trinajstić information content (AvgIpc) is 0.826. The smallest absolute Gasteiger partial charge is 0.264 e. The van der Waals surface area contributed by atoms with Gasteiger partial charge in [0, 0.05) is 48.2 Å². The molecule has 0 aliphatic carbocycles. The maximum Gasteiger partial charge on any atom is 0.264 e. The summed E-state index contributed by atoms with van der Waals surface area (Å²) in [6.07, 6.45) is -2.92. The van der Waals surface area contributed by atoms with Gasteiger partial charge in [-0.3, -0.25) is 60.2 Å². The Labute approximate surface area is 668 Å². The van der Waals surface area contributed by atoms with Crippen molar-refractivity contribution in [3.63, 3.8) is 0 Å². The topological polar surface area (TPSA) is 677 Å². The lowest BCUT2D eigenvalue weighted by molar-refractivity contribution is -0.123. The minimum atomic E-state index is -4.53. The van der Waals surface area contributed by atoms with Crippen molar-refractivity contribution in [2.45, 2.75) is 134 Å². The van der Waals surface area contributed by atoms with E-state index in [1.54, 1.807) is 6.92 Å². The van der Waals surface area contributed by atoms with Gasteiger partial charge in [0.25, 0.3) is 103 Å². The van der Waals surface area contributed by atoms with E-state index in [-0.39, 0.29) is 197 Å². The molecule has 43 nitrogen and oxygen atoms in total. The molecule has 0 saturated heterocycles. The Kier molecular flexibility index (Phi) is 42.9. The van der Waals surface area contributed by atoms with Crippen molar-refractivity contribution in [1.82, 2.24) is 16.0 Å². The molecule has 0 fully saturated rings. The van der Waals surface area contributed by atoms with Crippen LogP contribution in [0, 0.1) is 0 Å². The van der Waals surface area contributed by atoms with E-state index < -0.39 is 231 Å². The van der Waals surface area contributed by atoms with E-state index in [1.807, 2.05) is 0 Å². The van der Waals surface area contributed by atoms with Crippen LogP contribution in [0.1, 0.15) is 160 Å². The van der Waals surface area contributed by atoms with Crippen LogP contribution >= 0.6 is 0 Å². The van der Waals surface area contributed by atoms with Crippen LogP contribution < -0.4 is 58.6 Å². The number of benzene rings is 3. The monoisotopic (exact) mass is 1830 g/mol. The molecule has 52 heteroatoms. The van der Waals surface area contributed by atoms with E-state index in [4.69, 9.17) is 42.6 Å². The second kappa shape index (κ2) is 48.3. The number of hydrogen-bond donors (Lipinski definition) is 12. The van der Waals surface area contributed by atoms with Gasteiger partial charge < -0.3 is 58.6 Å². The molecule has 0 bridgehead atoms. The molecule has 3 amide bonds. The molecule has 0 saturated carbocycles. The maximum atomic E-state index is 14.4. The molecule has 0 heterocycles. The third-order valence-electron chi connectivity index (χ3n) is 15.5. The largest absolute Gasteiger partial charge is 0.489 e. The summed E-state index contributed by atoms with van der Waals surface area (Å²) in [5.41, 5.74) is -1.97. The lowest BCUT2D eigenvalue weighted by Crippen LogP contribution is -2.49. The Bertz CT molecular complexity index is 4130. The fraction of sp³-hybridized carbons (Fsp3) is 0.651. The zero-order valence-electron chi connectivity index (χ0n) is 62.4. The predicted octanol–water partition coefficient (Wildman–Crippen LogP) is 3.42. The highest BCUT2D eigenvalue weighted by Crippen LogP contribution is 2.43. The number of hydrogen-bond acceptors (Lipinski definition) is 31. The van der Waals surface area contributed by atoms with Gasteiger partial charge in [-0.05, 0) is 139 Å². The summed E-state index contributed by atoms with van der Waals surface area (Å²) in [5.74, 6) is -12.8. The van der Waals surface area contributed by atoms with E-state index in [0.717, 1.165) is 24.3 Å². The lowest BCUT2D eigenvalue weighted by Gasteiger charge is -2.36. The third kappa shape index (κ3) is 48.0. The summed E-state index contributed by atoms with van der Waals surface area (Å²) in [5, 5.41) is 8.53. The highest BCUT2D eigenvalue weighted by atomic mass is 32.3. The molecular weight excluding hydrogens is 1730 g/mol. The zero-order chi connectivity index (χ0) is 86.5.